The molecule has 3 heterocycles. The van der Waals surface area contributed by atoms with Crippen LogP contribution in [0.25, 0.3) is 11.0 Å². The first-order chi connectivity index (χ1) is 14.3. The highest BCUT2D eigenvalue weighted by atomic mass is 16.2. The van der Waals surface area contributed by atoms with E-state index in [0.717, 1.165) is 17.7 Å². The maximum absolute atomic E-state index is 13.8. The van der Waals surface area contributed by atoms with Crippen LogP contribution in [0.15, 0.2) is 39.9 Å². The Morgan fingerprint density at radius 3 is 2.70 bits per heavy atom. The maximum Gasteiger partial charge on any atom is 0.329 e. The Kier molecular flexibility index (Phi) is 5.05. The number of nitrogens with one attached hydrogen (secondary N) is 1. The minimum absolute atomic E-state index is 0.0266. The highest BCUT2D eigenvalue weighted by Gasteiger charge is 2.33. The average molecular weight is 406 g/mol. The largest absolute Gasteiger partial charge is 0.329 e. The SMILES string of the molecule is CCCn1c(=O)[nH]c(=O)c2c(C(=O)N3c4ccccc4CC3C)cc(C(C)C)nc21. The van der Waals surface area contributed by atoms with Gasteiger partial charge in [-0.25, -0.2) is 9.78 Å². The topological polar surface area (TPSA) is 88.1 Å². The Hall–Kier alpha value is -3.22. The number of aromatic nitrogens is 3. The van der Waals surface area contributed by atoms with Crippen molar-refractivity contribution in [3.05, 3.63) is 68.0 Å². The molecule has 2 aromatic heterocycles. The number of benzene rings is 1. The molecule has 1 aromatic carbocycles. The van der Waals surface area contributed by atoms with Gasteiger partial charge in [0.25, 0.3) is 11.5 Å². The predicted octanol–water partition coefficient (Wildman–Crippen LogP) is 3.21. The molecule has 0 aliphatic carbocycles. The van der Waals surface area contributed by atoms with Crippen molar-refractivity contribution >= 4 is 22.6 Å². The van der Waals surface area contributed by atoms with Gasteiger partial charge in [0.2, 0.25) is 0 Å². The number of rotatable bonds is 4. The summed E-state index contributed by atoms with van der Waals surface area (Å²) in [5, 5.41) is 0.175. The first kappa shape index (κ1) is 20.1. The molecule has 7 heteroatoms. The molecule has 1 amide bonds. The van der Waals surface area contributed by atoms with Gasteiger partial charge in [-0.1, -0.05) is 39.0 Å². The van der Waals surface area contributed by atoms with Crippen molar-refractivity contribution in [2.75, 3.05) is 4.90 Å². The van der Waals surface area contributed by atoms with Crippen molar-refractivity contribution in [3.63, 3.8) is 0 Å². The van der Waals surface area contributed by atoms with Crippen LogP contribution in [0.3, 0.4) is 0 Å². The molecule has 30 heavy (non-hydrogen) atoms. The van der Waals surface area contributed by atoms with Crippen LogP contribution < -0.4 is 16.1 Å². The third-order valence-corrected chi connectivity index (χ3v) is 5.66. The van der Waals surface area contributed by atoms with E-state index in [4.69, 9.17) is 0 Å². The number of aryl methyl sites for hydroxylation is 1. The lowest BCUT2D eigenvalue weighted by molar-refractivity contribution is 0.0982. The highest BCUT2D eigenvalue weighted by molar-refractivity contribution is 6.14. The second-order valence-electron chi connectivity index (χ2n) is 8.22. The molecule has 7 nitrogen and oxygen atoms in total. The van der Waals surface area contributed by atoms with Crippen molar-refractivity contribution in [2.24, 2.45) is 0 Å². The Balaban J connectivity index is 2.01. The van der Waals surface area contributed by atoms with Crippen molar-refractivity contribution < 1.29 is 4.79 Å². The number of aromatic amines is 1. The van der Waals surface area contributed by atoms with Crippen molar-refractivity contribution in [1.82, 2.24) is 14.5 Å². The lowest BCUT2D eigenvalue weighted by Crippen LogP contribution is -2.38. The quantitative estimate of drug-likeness (QED) is 0.721. The minimum atomic E-state index is -0.575. The zero-order valence-corrected chi connectivity index (χ0v) is 17.7. The fourth-order valence-electron chi connectivity index (χ4n) is 4.19. The summed E-state index contributed by atoms with van der Waals surface area (Å²) in [6.45, 7) is 8.32. The van der Waals surface area contributed by atoms with E-state index in [1.165, 1.54) is 4.57 Å². The van der Waals surface area contributed by atoms with Gasteiger partial charge >= 0.3 is 5.69 Å². The van der Waals surface area contributed by atoms with Gasteiger partial charge in [-0.2, -0.15) is 0 Å². The van der Waals surface area contributed by atoms with Gasteiger partial charge in [-0.3, -0.25) is 19.1 Å². The first-order valence-corrected chi connectivity index (χ1v) is 10.4. The zero-order chi connectivity index (χ0) is 21.6. The zero-order valence-electron chi connectivity index (χ0n) is 17.7. The molecule has 0 radical (unpaired) electrons. The fraction of sp³-hybridized carbons (Fsp3) is 0.391. The van der Waals surface area contributed by atoms with Crippen LogP contribution >= 0.6 is 0 Å². The average Bonchev–Trinajstić information content (AvgIpc) is 3.05. The molecule has 0 saturated heterocycles. The van der Waals surface area contributed by atoms with E-state index in [2.05, 4.69) is 9.97 Å². The van der Waals surface area contributed by atoms with E-state index in [0.29, 0.717) is 24.2 Å². The molecular weight excluding hydrogens is 380 g/mol. The first-order valence-electron chi connectivity index (χ1n) is 10.4. The maximum atomic E-state index is 13.8. The molecule has 1 atom stereocenters. The molecule has 1 aliphatic rings. The minimum Gasteiger partial charge on any atom is -0.305 e. The fourth-order valence-corrected chi connectivity index (χ4v) is 4.19. The van der Waals surface area contributed by atoms with Gasteiger partial charge in [0.05, 0.1) is 10.9 Å². The van der Waals surface area contributed by atoms with E-state index < -0.39 is 11.2 Å². The summed E-state index contributed by atoms with van der Waals surface area (Å²) < 4.78 is 1.46. The van der Waals surface area contributed by atoms with E-state index in [-0.39, 0.29) is 28.9 Å². The van der Waals surface area contributed by atoms with Gasteiger partial charge in [0.15, 0.2) is 5.65 Å². The molecule has 0 fully saturated rings. The lowest BCUT2D eigenvalue weighted by Gasteiger charge is -2.24. The number of hydrogen-bond donors (Lipinski definition) is 1. The number of nitrogens with zero attached hydrogens (tertiary/aromatic N) is 3. The lowest BCUT2D eigenvalue weighted by atomic mass is 10.0. The number of pyridine rings is 1. The summed E-state index contributed by atoms with van der Waals surface area (Å²) >= 11 is 0. The molecule has 0 bridgehead atoms. The second-order valence-corrected chi connectivity index (χ2v) is 8.22. The number of H-pyrrole nitrogens is 1. The third-order valence-electron chi connectivity index (χ3n) is 5.66. The summed E-state index contributed by atoms with van der Waals surface area (Å²) in [6, 6.07) is 9.51. The monoisotopic (exact) mass is 406 g/mol. The second kappa shape index (κ2) is 7.55. The van der Waals surface area contributed by atoms with Gasteiger partial charge in [-0.05, 0) is 43.4 Å². The van der Waals surface area contributed by atoms with E-state index in [9.17, 15) is 14.4 Å². The summed E-state index contributed by atoms with van der Waals surface area (Å²) in [6.07, 6.45) is 1.47. The molecule has 1 N–H and O–H groups in total. The number of carbonyl (C=O) groups excluding carboxylic acids is 1. The summed E-state index contributed by atoms with van der Waals surface area (Å²) in [4.78, 5) is 47.8. The van der Waals surface area contributed by atoms with Gasteiger partial charge in [0.1, 0.15) is 0 Å². The van der Waals surface area contributed by atoms with Gasteiger partial charge in [0, 0.05) is 24.0 Å². The van der Waals surface area contributed by atoms with Gasteiger partial charge < -0.3 is 4.90 Å². The Morgan fingerprint density at radius 1 is 1.27 bits per heavy atom. The third kappa shape index (κ3) is 3.14. The standard InChI is InChI=1S/C23H26N4O3/c1-5-10-26-20-19(21(28)25-23(26)30)16(12-17(24-20)13(2)3)22(29)27-14(4)11-15-8-6-7-9-18(15)27/h6-9,12-14H,5,10-11H2,1-4H3,(H,25,28,30). The number of carbonyl (C=O) groups is 1. The number of para-hydroxylation sites is 1. The molecular formula is C23H26N4O3. The van der Waals surface area contributed by atoms with Crippen LogP contribution in [-0.2, 0) is 13.0 Å². The van der Waals surface area contributed by atoms with Crippen LogP contribution in [0.1, 0.15) is 61.6 Å². The van der Waals surface area contributed by atoms with Crippen LogP contribution in [0.4, 0.5) is 5.69 Å². The number of fused-ring (bicyclic) bond motifs is 2. The summed E-state index contributed by atoms with van der Waals surface area (Å²) in [5.41, 5.74) is 2.15. The molecule has 4 rings (SSSR count). The predicted molar refractivity (Wildman–Crippen MR) is 117 cm³/mol. The molecule has 1 aliphatic heterocycles. The van der Waals surface area contributed by atoms with Crippen molar-refractivity contribution in [1.29, 1.82) is 0 Å². The van der Waals surface area contributed by atoms with Crippen LogP contribution in [-0.4, -0.2) is 26.5 Å². The Morgan fingerprint density at radius 2 is 2.00 bits per heavy atom. The summed E-state index contributed by atoms with van der Waals surface area (Å²) in [7, 11) is 0. The van der Waals surface area contributed by atoms with Crippen LogP contribution in [0.5, 0.6) is 0 Å². The number of hydrogen-bond acceptors (Lipinski definition) is 4. The molecule has 0 spiro atoms. The normalized spacial score (nSPS) is 15.8. The van der Waals surface area contributed by atoms with E-state index in [1.54, 1.807) is 11.0 Å². The smallest absolute Gasteiger partial charge is 0.305 e. The van der Waals surface area contributed by atoms with Gasteiger partial charge in [-0.15, -0.1) is 0 Å². The molecule has 0 saturated carbocycles. The van der Waals surface area contributed by atoms with Crippen molar-refractivity contribution in [3.8, 4) is 0 Å². The van der Waals surface area contributed by atoms with Crippen LogP contribution in [0, 0.1) is 0 Å². The summed E-state index contributed by atoms with van der Waals surface area (Å²) in [5.74, 6) is -0.206. The van der Waals surface area contributed by atoms with Crippen LogP contribution in [0.2, 0.25) is 0 Å². The number of amides is 1. The molecule has 1 unspecified atom stereocenters. The Bertz CT molecular complexity index is 1260. The van der Waals surface area contributed by atoms with E-state index >= 15 is 0 Å². The Labute approximate surface area is 174 Å². The molecule has 156 valence electrons. The van der Waals surface area contributed by atoms with E-state index in [1.807, 2.05) is 52.0 Å². The number of anilines is 1. The molecule has 3 aromatic rings. The highest BCUT2D eigenvalue weighted by Crippen LogP contribution is 2.34. The van der Waals surface area contributed by atoms with Crippen molar-refractivity contribution in [2.45, 2.75) is 59.0 Å².